The van der Waals surface area contributed by atoms with Crippen molar-refractivity contribution in [2.75, 3.05) is 38.6 Å². The van der Waals surface area contributed by atoms with Gasteiger partial charge in [-0.3, -0.25) is 29.2 Å². The van der Waals surface area contributed by atoms with Gasteiger partial charge in [0.1, 0.15) is 11.6 Å². The van der Waals surface area contributed by atoms with Gasteiger partial charge in [0.15, 0.2) is 17.2 Å². The van der Waals surface area contributed by atoms with E-state index >= 15 is 8.78 Å². The number of nitrogens with zero attached hydrogens (tertiary/aromatic N) is 3. The number of imide groups is 1. The fourth-order valence-corrected chi connectivity index (χ4v) is 9.76. The third kappa shape index (κ3) is 8.19. The highest BCUT2D eigenvalue weighted by Gasteiger charge is 2.50. The number of ether oxygens (including phenoxy) is 2. The standard InChI is InChI=1S/C47H50ClF2N7O6/c1-26-38-35(24-32(49)41(48)40(38)39-29(45(51)60)15-17-34(62-3)42(39)50)63-47(26,27-10-5-4-6-11-27)25-53-28-19-22-57(23-20-28)37(59)14-7-8-21-52-33-13-9-12-30-43(55-56(2)44(30)33)31-16-18-36(58)54-46(31)61/h4-6,9-13,15,17,24,26,28,31,52-53H,7-8,14,16,18-23,25H2,1-3H3,(H2,51,60)(H,54,58,61)/t26-,31?,47-/m0/s1. The van der Waals surface area contributed by atoms with E-state index in [1.807, 2.05) is 67.4 Å². The molecule has 13 nitrogen and oxygen atoms in total. The minimum Gasteiger partial charge on any atom is -0.494 e. The number of nitrogens with one attached hydrogen (secondary N) is 3. The molecular weight excluding hydrogens is 832 g/mol. The molecular formula is C47H50ClF2N7O6. The van der Waals surface area contributed by atoms with E-state index in [1.54, 1.807) is 4.68 Å². The molecule has 5 N–H and O–H groups in total. The molecule has 2 fully saturated rings. The number of para-hydroxylation sites is 1. The van der Waals surface area contributed by atoms with Crippen LogP contribution in [-0.2, 0) is 27.0 Å². The van der Waals surface area contributed by atoms with E-state index in [-0.39, 0.29) is 63.4 Å². The molecule has 3 atom stereocenters. The van der Waals surface area contributed by atoms with Crippen molar-refractivity contribution in [2.24, 2.45) is 12.8 Å². The van der Waals surface area contributed by atoms with Gasteiger partial charge in [0.05, 0.1) is 40.5 Å². The number of amides is 4. The van der Waals surface area contributed by atoms with Crippen LogP contribution < -0.4 is 31.2 Å². The quantitative estimate of drug-likeness (QED) is 0.0675. The van der Waals surface area contributed by atoms with Gasteiger partial charge in [-0.15, -0.1) is 0 Å². The first-order valence-electron chi connectivity index (χ1n) is 21.3. The van der Waals surface area contributed by atoms with Crippen LogP contribution in [0, 0.1) is 11.6 Å². The van der Waals surface area contributed by atoms with Gasteiger partial charge >= 0.3 is 0 Å². The average Bonchev–Trinajstić information content (AvgIpc) is 3.76. The van der Waals surface area contributed by atoms with E-state index in [4.69, 9.17) is 26.8 Å². The minimum atomic E-state index is -1.09. The number of piperidine rings is 2. The van der Waals surface area contributed by atoms with Crippen molar-refractivity contribution >= 4 is 51.8 Å². The van der Waals surface area contributed by atoms with Crippen molar-refractivity contribution in [1.82, 2.24) is 25.3 Å². The zero-order chi connectivity index (χ0) is 44.6. The van der Waals surface area contributed by atoms with Crippen LogP contribution in [0.5, 0.6) is 11.5 Å². The van der Waals surface area contributed by atoms with Crippen molar-refractivity contribution in [1.29, 1.82) is 0 Å². The van der Waals surface area contributed by atoms with Crippen LogP contribution in [-0.4, -0.2) is 77.6 Å². The third-order valence-corrected chi connectivity index (χ3v) is 13.2. The molecule has 0 radical (unpaired) electrons. The first-order valence-corrected chi connectivity index (χ1v) is 21.7. The predicted molar refractivity (Wildman–Crippen MR) is 235 cm³/mol. The van der Waals surface area contributed by atoms with Crippen molar-refractivity contribution in [3.8, 4) is 22.6 Å². The number of rotatable bonds is 14. The fourth-order valence-electron chi connectivity index (χ4n) is 9.51. The summed E-state index contributed by atoms with van der Waals surface area (Å²) in [5.41, 5.74) is 7.85. The number of unbranched alkanes of at least 4 members (excludes halogenated alkanes) is 1. The number of likely N-dealkylation sites (tertiary alicyclic amines) is 1. The molecule has 4 amide bonds. The van der Waals surface area contributed by atoms with Gasteiger partial charge in [-0.2, -0.15) is 5.10 Å². The number of methoxy groups -OCH3 is 1. The molecule has 4 aromatic carbocycles. The van der Waals surface area contributed by atoms with Crippen LogP contribution >= 0.6 is 11.6 Å². The number of primary amides is 1. The Balaban J connectivity index is 0.893. The first-order chi connectivity index (χ1) is 30.3. The Kier molecular flexibility index (Phi) is 12.4. The van der Waals surface area contributed by atoms with Gasteiger partial charge in [0, 0.05) is 86.2 Å². The number of anilines is 1. The Bertz CT molecular complexity index is 2600. The number of carbonyl (C=O) groups excluding carboxylic acids is 4. The number of fused-ring (bicyclic) bond motifs is 2. The summed E-state index contributed by atoms with van der Waals surface area (Å²) in [6.07, 6.45) is 4.01. The minimum absolute atomic E-state index is 0.0174. The zero-order valence-electron chi connectivity index (χ0n) is 35.4. The lowest BCUT2D eigenvalue weighted by Gasteiger charge is -2.38. The Hall–Kier alpha value is -6.06. The van der Waals surface area contributed by atoms with Crippen molar-refractivity contribution in [2.45, 2.75) is 75.3 Å². The molecule has 3 aliphatic heterocycles. The lowest BCUT2D eigenvalue weighted by molar-refractivity contribution is -0.134. The van der Waals surface area contributed by atoms with Crippen molar-refractivity contribution < 1.29 is 37.4 Å². The van der Waals surface area contributed by atoms with Gasteiger partial charge in [-0.05, 0) is 55.9 Å². The molecule has 1 unspecified atom stereocenters. The Morgan fingerprint density at radius 1 is 1.03 bits per heavy atom. The lowest BCUT2D eigenvalue weighted by atomic mass is 9.77. The predicted octanol–water partition coefficient (Wildman–Crippen LogP) is 7.05. The normalized spacial score (nSPS) is 20.1. The SMILES string of the molecule is COc1ccc(C(N)=O)c(-c2c(Cl)c(F)cc3c2[C@H](C)[C@@](CNC2CCN(C(=O)CCCCNc4cccc5c(C6CCC(=O)NC6=O)nn(C)c45)CC2)(c2ccccc2)O3)c1F. The topological polar surface area (TPSA) is 170 Å². The molecule has 3 aliphatic rings. The third-order valence-electron chi connectivity index (χ3n) is 12.8. The lowest BCUT2D eigenvalue weighted by Crippen LogP contribution is -2.50. The van der Waals surface area contributed by atoms with Gasteiger partial charge in [-0.25, -0.2) is 8.78 Å². The smallest absolute Gasteiger partial charge is 0.249 e. The number of hydrogen-bond donors (Lipinski definition) is 4. The Morgan fingerprint density at radius 2 is 1.79 bits per heavy atom. The van der Waals surface area contributed by atoms with Crippen LogP contribution in [0.4, 0.5) is 14.5 Å². The van der Waals surface area contributed by atoms with Crippen molar-refractivity contribution in [3.63, 3.8) is 0 Å². The van der Waals surface area contributed by atoms with Gasteiger partial charge in [0.25, 0.3) is 0 Å². The molecule has 8 rings (SSSR count). The molecule has 16 heteroatoms. The summed E-state index contributed by atoms with van der Waals surface area (Å²) >= 11 is 6.66. The number of aromatic nitrogens is 2. The van der Waals surface area contributed by atoms with Crippen LogP contribution in [0.25, 0.3) is 22.0 Å². The Labute approximate surface area is 368 Å². The maximum atomic E-state index is 16.2. The number of benzene rings is 4. The monoisotopic (exact) mass is 881 g/mol. The Morgan fingerprint density at radius 3 is 2.51 bits per heavy atom. The molecule has 0 saturated carbocycles. The number of halogens is 3. The first kappa shape index (κ1) is 43.6. The van der Waals surface area contributed by atoms with Crippen LogP contribution in [0.1, 0.15) is 90.9 Å². The van der Waals surface area contributed by atoms with E-state index in [0.29, 0.717) is 69.5 Å². The highest BCUT2D eigenvalue weighted by atomic mass is 35.5. The summed E-state index contributed by atoms with van der Waals surface area (Å²) in [7, 11) is 3.13. The largest absolute Gasteiger partial charge is 0.494 e. The maximum absolute atomic E-state index is 16.2. The molecule has 330 valence electrons. The summed E-state index contributed by atoms with van der Waals surface area (Å²) in [6.45, 7) is 4.02. The summed E-state index contributed by atoms with van der Waals surface area (Å²) in [5.74, 6) is -4.13. The molecule has 1 aromatic heterocycles. The highest BCUT2D eigenvalue weighted by molar-refractivity contribution is 6.34. The molecule has 63 heavy (non-hydrogen) atoms. The zero-order valence-corrected chi connectivity index (χ0v) is 36.1. The molecule has 5 aromatic rings. The second-order valence-electron chi connectivity index (χ2n) is 16.5. The average molecular weight is 882 g/mol. The van der Waals surface area contributed by atoms with E-state index in [2.05, 4.69) is 21.0 Å². The molecule has 0 spiro atoms. The number of aryl methyl sites for hydroxylation is 1. The highest BCUT2D eigenvalue weighted by Crippen LogP contribution is 2.56. The van der Waals surface area contributed by atoms with Gasteiger partial charge in [-0.1, -0.05) is 61.0 Å². The number of nitrogens with two attached hydrogens (primary N) is 1. The van der Waals surface area contributed by atoms with Gasteiger partial charge in [0.2, 0.25) is 23.6 Å². The summed E-state index contributed by atoms with van der Waals surface area (Å²) in [5, 5.41) is 14.8. The number of hydrogen-bond acceptors (Lipinski definition) is 9. The maximum Gasteiger partial charge on any atom is 0.249 e. The van der Waals surface area contributed by atoms with Crippen LogP contribution in [0.2, 0.25) is 5.02 Å². The van der Waals surface area contributed by atoms with E-state index in [1.165, 1.54) is 25.3 Å². The summed E-state index contributed by atoms with van der Waals surface area (Å²) < 4.78 is 45.6. The molecule has 0 aliphatic carbocycles. The summed E-state index contributed by atoms with van der Waals surface area (Å²) in [4.78, 5) is 52.2. The van der Waals surface area contributed by atoms with E-state index < -0.39 is 35.0 Å². The molecule has 2 saturated heterocycles. The number of carbonyl (C=O) groups is 4. The van der Waals surface area contributed by atoms with E-state index in [9.17, 15) is 19.2 Å². The summed E-state index contributed by atoms with van der Waals surface area (Å²) in [6, 6.07) is 19.2. The van der Waals surface area contributed by atoms with Gasteiger partial charge < -0.3 is 30.7 Å². The van der Waals surface area contributed by atoms with Crippen molar-refractivity contribution in [3.05, 3.63) is 106 Å². The van der Waals surface area contributed by atoms with E-state index in [0.717, 1.165) is 28.6 Å². The van der Waals surface area contributed by atoms with Crippen LogP contribution in [0.15, 0.2) is 66.7 Å². The fraction of sp³-hybridized carbons (Fsp3) is 0.383. The van der Waals surface area contributed by atoms with Crippen LogP contribution in [0.3, 0.4) is 0 Å². The second-order valence-corrected chi connectivity index (χ2v) is 16.9. The molecule has 0 bridgehead atoms. The second kappa shape index (κ2) is 18.0. The molecule has 4 heterocycles.